The van der Waals surface area contributed by atoms with Gasteiger partial charge in [-0.2, -0.15) is 10.4 Å². The van der Waals surface area contributed by atoms with Crippen molar-refractivity contribution in [1.29, 1.82) is 5.26 Å². The van der Waals surface area contributed by atoms with E-state index in [0.29, 0.717) is 17.9 Å². The maximum atomic E-state index is 13.5. The molecule has 40 heavy (non-hydrogen) atoms. The number of nitrogens with zero attached hydrogens (tertiary/aromatic N) is 4. The summed E-state index contributed by atoms with van der Waals surface area (Å²) in [6.07, 6.45) is 5.45. The number of hydrogen-bond donors (Lipinski definition) is 0. The van der Waals surface area contributed by atoms with Gasteiger partial charge in [-0.1, -0.05) is 31.5 Å². The lowest BCUT2D eigenvalue weighted by atomic mass is 9.93. The average molecular weight is 539 g/mol. The van der Waals surface area contributed by atoms with E-state index in [1.807, 2.05) is 60.7 Å². The molecule has 0 atom stereocenters. The number of nitriles is 1. The largest absolute Gasteiger partial charge is 0.494 e. The highest BCUT2D eigenvalue weighted by molar-refractivity contribution is 6.19. The van der Waals surface area contributed by atoms with Crippen LogP contribution in [0.4, 0.5) is 0 Å². The zero-order valence-corrected chi connectivity index (χ0v) is 22.7. The molecule has 2 amide bonds. The minimum atomic E-state index is -0.715. The summed E-state index contributed by atoms with van der Waals surface area (Å²) in [5.41, 5.74) is 3.19. The molecule has 0 N–H and O–H groups in total. The van der Waals surface area contributed by atoms with Gasteiger partial charge in [0.25, 0.3) is 11.8 Å². The molecule has 0 fully saturated rings. The first-order valence-electron chi connectivity index (χ1n) is 13.0. The van der Waals surface area contributed by atoms with Crippen LogP contribution in [0.25, 0.3) is 23.0 Å². The van der Waals surface area contributed by atoms with Gasteiger partial charge in [-0.25, -0.2) is 4.68 Å². The molecule has 9 heteroatoms. The van der Waals surface area contributed by atoms with Crippen LogP contribution in [-0.2, 0) is 19.1 Å². The van der Waals surface area contributed by atoms with E-state index in [0.717, 1.165) is 34.7 Å². The van der Waals surface area contributed by atoms with E-state index in [2.05, 4.69) is 6.92 Å². The number of ether oxygens (including phenoxy) is 2. The quantitative estimate of drug-likeness (QED) is 0.156. The van der Waals surface area contributed by atoms with Gasteiger partial charge in [0, 0.05) is 29.8 Å². The van der Waals surface area contributed by atoms with Crippen molar-refractivity contribution in [2.75, 3.05) is 19.8 Å². The Morgan fingerprint density at radius 1 is 1.05 bits per heavy atom. The molecule has 1 aliphatic heterocycles. The molecule has 9 nitrogen and oxygen atoms in total. The number of hydrogen-bond acceptors (Lipinski definition) is 7. The van der Waals surface area contributed by atoms with Crippen LogP contribution in [0.5, 0.6) is 5.75 Å². The predicted octanol–water partition coefficient (Wildman–Crippen LogP) is 4.87. The third-order valence-electron chi connectivity index (χ3n) is 6.40. The lowest BCUT2D eigenvalue weighted by Gasteiger charge is -2.27. The van der Waals surface area contributed by atoms with E-state index in [9.17, 15) is 19.6 Å². The molecule has 4 rings (SSSR count). The van der Waals surface area contributed by atoms with Gasteiger partial charge < -0.3 is 9.47 Å². The van der Waals surface area contributed by atoms with Crippen molar-refractivity contribution < 1.29 is 23.9 Å². The molecule has 0 bridgehead atoms. The van der Waals surface area contributed by atoms with Gasteiger partial charge in [0.05, 0.1) is 24.5 Å². The van der Waals surface area contributed by atoms with E-state index < -0.39 is 17.8 Å². The summed E-state index contributed by atoms with van der Waals surface area (Å²) in [5.74, 6) is -1.07. The second-order valence-corrected chi connectivity index (χ2v) is 9.21. The highest BCUT2D eigenvalue weighted by atomic mass is 16.5. The highest BCUT2D eigenvalue weighted by Gasteiger charge is 2.35. The summed E-state index contributed by atoms with van der Waals surface area (Å²) in [7, 11) is 0. The second-order valence-electron chi connectivity index (χ2n) is 9.21. The molecule has 204 valence electrons. The molecule has 1 aromatic heterocycles. The van der Waals surface area contributed by atoms with Crippen molar-refractivity contribution in [2.24, 2.45) is 0 Å². The van der Waals surface area contributed by atoms with Gasteiger partial charge in [0.15, 0.2) is 0 Å². The number of imide groups is 1. The first-order chi connectivity index (χ1) is 19.3. The van der Waals surface area contributed by atoms with Crippen molar-refractivity contribution in [3.63, 3.8) is 0 Å². The monoisotopic (exact) mass is 538 g/mol. The second kappa shape index (κ2) is 12.7. The van der Waals surface area contributed by atoms with E-state index in [1.54, 1.807) is 23.9 Å². The zero-order chi connectivity index (χ0) is 28.6. The third-order valence-corrected chi connectivity index (χ3v) is 6.40. The summed E-state index contributed by atoms with van der Waals surface area (Å²) in [6.45, 7) is 5.23. The Balaban J connectivity index is 1.78. The van der Waals surface area contributed by atoms with Crippen LogP contribution in [0.15, 0.2) is 77.5 Å². The van der Waals surface area contributed by atoms with E-state index in [4.69, 9.17) is 14.6 Å². The number of benzene rings is 2. The fraction of sp³-hybridized carbons (Fsp3) is 0.258. The van der Waals surface area contributed by atoms with Crippen LogP contribution in [0.1, 0.15) is 39.2 Å². The van der Waals surface area contributed by atoms with Crippen LogP contribution in [-0.4, -0.2) is 52.2 Å². The van der Waals surface area contributed by atoms with Crippen molar-refractivity contribution >= 4 is 23.9 Å². The van der Waals surface area contributed by atoms with Crippen LogP contribution < -0.4 is 4.74 Å². The molecule has 0 spiro atoms. The smallest absolute Gasteiger partial charge is 0.302 e. The molecule has 0 saturated heterocycles. The molecule has 3 aromatic rings. The summed E-state index contributed by atoms with van der Waals surface area (Å²) in [4.78, 5) is 38.5. The molecule has 2 heterocycles. The van der Waals surface area contributed by atoms with E-state index in [-0.39, 0.29) is 29.9 Å². The standard InChI is InChI=1S/C31H30N4O5/c1-4-5-16-40-26-13-11-23(12-14-26)29-24(20-35(33-29)25-9-7-6-8-10-25)18-27-21(2)28(19-32)31(38)34(30(27)37)15-17-39-22(3)36/h6-14,18,20H,4-5,15-17H2,1-3H3/b27-18+. The number of amides is 2. The molecule has 1 aliphatic rings. The van der Waals surface area contributed by atoms with E-state index in [1.165, 1.54) is 6.92 Å². The molecule has 0 radical (unpaired) electrons. The zero-order valence-electron chi connectivity index (χ0n) is 22.7. The van der Waals surface area contributed by atoms with Crippen molar-refractivity contribution in [1.82, 2.24) is 14.7 Å². The SMILES string of the molecule is CCCCOc1ccc(-c2nn(-c3ccccc3)cc2/C=C2/C(=O)N(CCOC(C)=O)C(=O)C(C#N)=C2C)cc1. The number of esters is 1. The molecule has 0 aliphatic carbocycles. The van der Waals surface area contributed by atoms with Crippen LogP contribution in [0, 0.1) is 11.3 Å². The minimum absolute atomic E-state index is 0.140. The Kier molecular flexibility index (Phi) is 8.92. The normalized spacial score (nSPS) is 14.4. The van der Waals surface area contributed by atoms with Gasteiger partial charge in [-0.15, -0.1) is 0 Å². The van der Waals surface area contributed by atoms with Gasteiger partial charge in [0.1, 0.15) is 24.0 Å². The van der Waals surface area contributed by atoms with Crippen LogP contribution in [0.3, 0.4) is 0 Å². The highest BCUT2D eigenvalue weighted by Crippen LogP contribution is 2.31. The van der Waals surface area contributed by atoms with Gasteiger partial charge in [-0.3, -0.25) is 19.3 Å². The first kappa shape index (κ1) is 28.0. The number of rotatable bonds is 10. The first-order valence-corrected chi connectivity index (χ1v) is 13.0. The maximum absolute atomic E-state index is 13.5. The Bertz CT molecular complexity index is 1510. The van der Waals surface area contributed by atoms with Crippen LogP contribution in [0.2, 0.25) is 0 Å². The molecule has 2 aromatic carbocycles. The Morgan fingerprint density at radius 2 is 1.77 bits per heavy atom. The number of unbranched alkanes of at least 4 members (excludes halogenated alkanes) is 1. The molecular formula is C31H30N4O5. The Hall–Kier alpha value is -4.97. The van der Waals surface area contributed by atoms with Crippen LogP contribution >= 0.6 is 0 Å². The molecular weight excluding hydrogens is 508 g/mol. The lowest BCUT2D eigenvalue weighted by molar-refractivity contribution is -0.147. The summed E-state index contributed by atoms with van der Waals surface area (Å²) < 4.78 is 12.4. The number of carbonyl (C=O) groups excluding carboxylic acids is 3. The van der Waals surface area contributed by atoms with Crippen molar-refractivity contribution in [3.05, 3.63) is 83.1 Å². The molecule has 0 saturated carbocycles. The third kappa shape index (κ3) is 6.18. The average Bonchev–Trinajstić information content (AvgIpc) is 3.38. The van der Waals surface area contributed by atoms with Gasteiger partial charge >= 0.3 is 5.97 Å². The Morgan fingerprint density at radius 3 is 2.42 bits per heavy atom. The van der Waals surface area contributed by atoms with Gasteiger partial charge in [0.2, 0.25) is 0 Å². The fourth-order valence-corrected chi connectivity index (χ4v) is 4.24. The Labute approximate surface area is 232 Å². The predicted molar refractivity (Wildman–Crippen MR) is 149 cm³/mol. The number of aromatic nitrogens is 2. The fourth-order valence-electron chi connectivity index (χ4n) is 4.24. The number of para-hydroxylation sites is 1. The van der Waals surface area contributed by atoms with Crippen molar-refractivity contribution in [2.45, 2.75) is 33.6 Å². The van der Waals surface area contributed by atoms with Crippen molar-refractivity contribution in [3.8, 4) is 28.8 Å². The summed E-state index contributed by atoms with van der Waals surface area (Å²) in [5, 5.41) is 14.5. The maximum Gasteiger partial charge on any atom is 0.302 e. The van der Waals surface area contributed by atoms with E-state index >= 15 is 0 Å². The summed E-state index contributed by atoms with van der Waals surface area (Å²) in [6, 6.07) is 19.0. The minimum Gasteiger partial charge on any atom is -0.494 e. The lowest BCUT2D eigenvalue weighted by Crippen LogP contribution is -2.44. The summed E-state index contributed by atoms with van der Waals surface area (Å²) >= 11 is 0. The molecule has 0 unspecified atom stereocenters. The number of carbonyl (C=O) groups is 3. The van der Waals surface area contributed by atoms with Gasteiger partial charge in [-0.05, 0) is 61.4 Å². The topological polar surface area (TPSA) is 115 Å².